The second kappa shape index (κ2) is 6.12. The quantitative estimate of drug-likeness (QED) is 0.783. The smallest absolute Gasteiger partial charge is 0.225 e. The van der Waals surface area contributed by atoms with E-state index in [1.54, 1.807) is 16.0 Å². The maximum Gasteiger partial charge on any atom is 0.225 e. The van der Waals surface area contributed by atoms with E-state index in [9.17, 15) is 4.79 Å². The van der Waals surface area contributed by atoms with Crippen LogP contribution in [0.15, 0.2) is 18.2 Å². The number of fused-ring (bicyclic) bond motifs is 1. The van der Waals surface area contributed by atoms with E-state index in [0.29, 0.717) is 12.2 Å². The standard InChI is InChI=1S/C17H20N4OS/c1-5-6-16(22)19-15-9-12(4)20-21(15)17-18-13-7-10(2)11(3)8-14(13)23-17/h7-9H,5-6H2,1-4H3,(H,19,22). The predicted molar refractivity (Wildman–Crippen MR) is 94.5 cm³/mol. The van der Waals surface area contributed by atoms with Crippen LogP contribution in [0.2, 0.25) is 0 Å². The van der Waals surface area contributed by atoms with Gasteiger partial charge in [-0.15, -0.1) is 0 Å². The Bertz CT molecular complexity index is 839. The van der Waals surface area contributed by atoms with Crippen LogP contribution in [0.1, 0.15) is 36.6 Å². The topological polar surface area (TPSA) is 59.8 Å². The van der Waals surface area contributed by atoms with Crippen LogP contribution >= 0.6 is 11.3 Å². The van der Waals surface area contributed by atoms with Gasteiger partial charge in [0, 0.05) is 12.5 Å². The number of thiazole rings is 1. The molecule has 1 amide bonds. The fourth-order valence-corrected chi connectivity index (χ4v) is 3.44. The SMILES string of the molecule is CCCC(=O)Nc1cc(C)nn1-c1nc2cc(C)c(C)cc2s1. The lowest BCUT2D eigenvalue weighted by Gasteiger charge is -2.05. The molecular weight excluding hydrogens is 308 g/mol. The number of nitrogens with zero attached hydrogens (tertiary/aromatic N) is 3. The van der Waals surface area contributed by atoms with Crippen molar-refractivity contribution in [3.63, 3.8) is 0 Å². The molecule has 3 rings (SSSR count). The zero-order valence-corrected chi connectivity index (χ0v) is 14.6. The fraction of sp³-hybridized carbons (Fsp3) is 0.353. The van der Waals surface area contributed by atoms with Crippen LogP contribution in [0.3, 0.4) is 0 Å². The van der Waals surface area contributed by atoms with Crippen molar-refractivity contribution in [1.82, 2.24) is 14.8 Å². The largest absolute Gasteiger partial charge is 0.311 e. The molecule has 0 saturated carbocycles. The number of amides is 1. The average molecular weight is 328 g/mol. The Morgan fingerprint density at radius 1 is 1.22 bits per heavy atom. The first-order valence-electron chi connectivity index (χ1n) is 7.72. The van der Waals surface area contributed by atoms with Gasteiger partial charge in [-0.05, 0) is 50.5 Å². The molecule has 0 aliphatic carbocycles. The number of carbonyl (C=O) groups is 1. The molecule has 0 bridgehead atoms. The maximum atomic E-state index is 11.9. The predicted octanol–water partition coefficient (Wildman–Crippen LogP) is 4.15. The van der Waals surface area contributed by atoms with E-state index in [0.717, 1.165) is 27.5 Å². The lowest BCUT2D eigenvalue weighted by molar-refractivity contribution is -0.116. The minimum atomic E-state index is 0.00134. The molecule has 0 aliphatic heterocycles. The molecule has 1 aromatic carbocycles. The fourth-order valence-electron chi connectivity index (χ4n) is 2.43. The summed E-state index contributed by atoms with van der Waals surface area (Å²) in [6.07, 6.45) is 1.32. The van der Waals surface area contributed by atoms with Gasteiger partial charge in [0.2, 0.25) is 11.0 Å². The Labute approximate surface area is 139 Å². The summed E-state index contributed by atoms with van der Waals surface area (Å²) in [4.78, 5) is 16.6. The van der Waals surface area contributed by atoms with Crippen LogP contribution in [0.25, 0.3) is 15.3 Å². The van der Waals surface area contributed by atoms with Crippen molar-refractivity contribution >= 4 is 33.3 Å². The molecule has 0 atom stereocenters. The molecule has 0 fully saturated rings. The number of hydrogen-bond acceptors (Lipinski definition) is 4. The summed E-state index contributed by atoms with van der Waals surface area (Å²) in [5.74, 6) is 0.676. The lowest BCUT2D eigenvalue weighted by atomic mass is 10.1. The summed E-state index contributed by atoms with van der Waals surface area (Å²) in [7, 11) is 0. The van der Waals surface area contributed by atoms with Crippen molar-refractivity contribution in [3.05, 3.63) is 35.0 Å². The molecule has 23 heavy (non-hydrogen) atoms. The van der Waals surface area contributed by atoms with Gasteiger partial charge in [-0.1, -0.05) is 18.3 Å². The highest BCUT2D eigenvalue weighted by Gasteiger charge is 2.14. The van der Waals surface area contributed by atoms with Crippen LogP contribution in [-0.2, 0) is 4.79 Å². The highest BCUT2D eigenvalue weighted by atomic mass is 32.1. The van der Waals surface area contributed by atoms with Crippen molar-refractivity contribution in [3.8, 4) is 5.13 Å². The van der Waals surface area contributed by atoms with Gasteiger partial charge in [0.25, 0.3) is 0 Å². The molecule has 2 heterocycles. The molecule has 2 aromatic heterocycles. The zero-order valence-electron chi connectivity index (χ0n) is 13.8. The van der Waals surface area contributed by atoms with E-state index < -0.39 is 0 Å². The van der Waals surface area contributed by atoms with E-state index in [-0.39, 0.29) is 5.91 Å². The molecule has 5 nitrogen and oxygen atoms in total. The second-order valence-corrected chi connectivity index (χ2v) is 6.79. The Morgan fingerprint density at radius 2 is 1.96 bits per heavy atom. The summed E-state index contributed by atoms with van der Waals surface area (Å²) < 4.78 is 2.85. The van der Waals surface area contributed by atoms with E-state index in [2.05, 4.69) is 41.4 Å². The average Bonchev–Trinajstić information content (AvgIpc) is 3.03. The molecule has 0 spiro atoms. The first kappa shape index (κ1) is 15.7. The molecule has 0 saturated heterocycles. The van der Waals surface area contributed by atoms with Crippen molar-refractivity contribution < 1.29 is 4.79 Å². The molecular formula is C17H20N4OS. The summed E-state index contributed by atoms with van der Waals surface area (Å²) in [6.45, 7) is 8.08. The van der Waals surface area contributed by atoms with Gasteiger partial charge in [-0.3, -0.25) is 4.79 Å². The van der Waals surface area contributed by atoms with Crippen LogP contribution in [0.5, 0.6) is 0 Å². The molecule has 0 aliphatic rings. The van der Waals surface area contributed by atoms with E-state index in [1.807, 2.05) is 19.9 Å². The van der Waals surface area contributed by atoms with Gasteiger partial charge >= 0.3 is 0 Å². The van der Waals surface area contributed by atoms with Gasteiger partial charge < -0.3 is 5.32 Å². The van der Waals surface area contributed by atoms with Crippen molar-refractivity contribution in [2.45, 2.75) is 40.5 Å². The highest BCUT2D eigenvalue weighted by molar-refractivity contribution is 7.20. The number of anilines is 1. The Hall–Kier alpha value is -2.21. The highest BCUT2D eigenvalue weighted by Crippen LogP contribution is 2.29. The van der Waals surface area contributed by atoms with E-state index in [4.69, 9.17) is 0 Å². The lowest BCUT2D eigenvalue weighted by Crippen LogP contribution is -2.14. The molecule has 120 valence electrons. The first-order chi connectivity index (χ1) is 11.0. The van der Waals surface area contributed by atoms with E-state index >= 15 is 0 Å². The minimum absolute atomic E-state index is 0.00134. The van der Waals surface area contributed by atoms with Gasteiger partial charge in [-0.2, -0.15) is 9.78 Å². The Balaban J connectivity index is 2.03. The maximum absolute atomic E-state index is 11.9. The second-order valence-electron chi connectivity index (χ2n) is 5.78. The summed E-state index contributed by atoms with van der Waals surface area (Å²) in [6, 6.07) is 6.12. The van der Waals surface area contributed by atoms with Crippen LogP contribution in [0, 0.1) is 20.8 Å². The number of hydrogen-bond donors (Lipinski definition) is 1. The van der Waals surface area contributed by atoms with Crippen molar-refractivity contribution in [2.75, 3.05) is 5.32 Å². The molecule has 0 radical (unpaired) electrons. The summed E-state index contributed by atoms with van der Waals surface area (Å²) in [5.41, 5.74) is 4.29. The molecule has 6 heteroatoms. The van der Waals surface area contributed by atoms with E-state index in [1.165, 1.54) is 11.1 Å². The number of nitrogens with one attached hydrogen (secondary N) is 1. The molecule has 3 aromatic rings. The number of rotatable bonds is 4. The third kappa shape index (κ3) is 3.12. The number of benzene rings is 1. The Morgan fingerprint density at radius 3 is 2.70 bits per heavy atom. The molecule has 1 N–H and O–H groups in total. The monoisotopic (exact) mass is 328 g/mol. The third-order valence-corrected chi connectivity index (χ3v) is 4.74. The van der Waals surface area contributed by atoms with Crippen molar-refractivity contribution in [1.29, 1.82) is 0 Å². The number of aryl methyl sites for hydroxylation is 3. The summed E-state index contributed by atoms with van der Waals surface area (Å²) >= 11 is 1.58. The van der Waals surface area contributed by atoms with Gasteiger partial charge in [0.1, 0.15) is 5.82 Å². The van der Waals surface area contributed by atoms with Gasteiger partial charge in [0.15, 0.2) is 0 Å². The Kier molecular flexibility index (Phi) is 4.17. The number of carbonyl (C=O) groups excluding carboxylic acids is 1. The molecule has 0 unspecified atom stereocenters. The van der Waals surface area contributed by atoms with Crippen LogP contribution < -0.4 is 5.32 Å². The van der Waals surface area contributed by atoms with Crippen LogP contribution in [0.4, 0.5) is 5.82 Å². The number of aromatic nitrogens is 3. The van der Waals surface area contributed by atoms with Crippen molar-refractivity contribution in [2.24, 2.45) is 0 Å². The minimum Gasteiger partial charge on any atom is -0.311 e. The third-order valence-electron chi connectivity index (χ3n) is 3.75. The zero-order chi connectivity index (χ0) is 16.6. The van der Waals surface area contributed by atoms with Gasteiger partial charge in [-0.25, -0.2) is 4.98 Å². The first-order valence-corrected chi connectivity index (χ1v) is 8.54. The summed E-state index contributed by atoms with van der Waals surface area (Å²) in [5, 5.41) is 8.18. The van der Waals surface area contributed by atoms with Crippen LogP contribution in [-0.4, -0.2) is 20.7 Å². The normalized spacial score (nSPS) is 11.1. The van der Waals surface area contributed by atoms with Gasteiger partial charge in [0.05, 0.1) is 15.9 Å².